The van der Waals surface area contributed by atoms with Crippen molar-refractivity contribution in [3.8, 4) is 11.8 Å². The Labute approximate surface area is 122 Å². The number of H-pyrrole nitrogens is 1. The maximum Gasteiger partial charge on any atom is 0.355 e. The molecule has 0 unspecified atom stereocenters. The van der Waals surface area contributed by atoms with Gasteiger partial charge < -0.3 is 15.0 Å². The molecule has 5 heteroatoms. The highest BCUT2D eigenvalue weighted by Gasteiger charge is 2.18. The Morgan fingerprint density at radius 1 is 1.33 bits per heavy atom. The van der Waals surface area contributed by atoms with E-state index in [1.54, 1.807) is 13.8 Å². The van der Waals surface area contributed by atoms with Gasteiger partial charge in [0.05, 0.1) is 6.61 Å². The van der Waals surface area contributed by atoms with Gasteiger partial charge in [0, 0.05) is 23.0 Å². The van der Waals surface area contributed by atoms with E-state index in [0.717, 1.165) is 10.9 Å². The van der Waals surface area contributed by atoms with Crippen molar-refractivity contribution in [2.45, 2.75) is 20.4 Å². The molecule has 2 aromatic rings. The zero-order chi connectivity index (χ0) is 15.2. The Morgan fingerprint density at radius 3 is 2.81 bits per heavy atom. The molecule has 0 bridgehead atoms. The molecule has 2 N–H and O–H groups in total. The van der Waals surface area contributed by atoms with E-state index in [9.17, 15) is 9.59 Å². The molecule has 2 rings (SSSR count). The first-order valence-corrected chi connectivity index (χ1v) is 6.64. The molecular weight excluding hydrogens is 268 g/mol. The summed E-state index contributed by atoms with van der Waals surface area (Å²) in [6, 6.07) is 7.51. The zero-order valence-corrected chi connectivity index (χ0v) is 11.9. The van der Waals surface area contributed by atoms with Gasteiger partial charge in [-0.1, -0.05) is 24.1 Å². The van der Waals surface area contributed by atoms with E-state index < -0.39 is 5.97 Å². The number of hydrogen-bond acceptors (Lipinski definition) is 3. The van der Waals surface area contributed by atoms with Crippen molar-refractivity contribution < 1.29 is 14.3 Å². The van der Waals surface area contributed by atoms with Crippen LogP contribution >= 0.6 is 0 Å². The van der Waals surface area contributed by atoms with E-state index in [0.29, 0.717) is 17.9 Å². The minimum atomic E-state index is -0.431. The molecule has 1 aromatic heterocycles. The highest BCUT2D eigenvalue weighted by Crippen LogP contribution is 2.23. The van der Waals surface area contributed by atoms with Crippen LogP contribution in [-0.2, 0) is 16.1 Å². The standard InChI is InChI=1S/C16H16N2O3/c1-3-7-14(19)17-10-12-11-8-5-6-9-13(11)18-15(12)16(20)21-4-2/h5-6,8-9,18H,4,10H2,1-2H3,(H,17,19). The monoisotopic (exact) mass is 284 g/mol. The molecule has 108 valence electrons. The lowest BCUT2D eigenvalue weighted by Crippen LogP contribution is -2.22. The molecule has 1 heterocycles. The maximum absolute atomic E-state index is 12.0. The maximum atomic E-state index is 12.0. The molecule has 5 nitrogen and oxygen atoms in total. The lowest BCUT2D eigenvalue weighted by molar-refractivity contribution is -0.115. The van der Waals surface area contributed by atoms with Gasteiger partial charge in [0.1, 0.15) is 5.69 Å². The first-order chi connectivity index (χ1) is 10.2. The summed E-state index contributed by atoms with van der Waals surface area (Å²) in [5.74, 6) is 4.13. The number of benzene rings is 1. The predicted molar refractivity (Wildman–Crippen MR) is 79.6 cm³/mol. The van der Waals surface area contributed by atoms with Crippen molar-refractivity contribution >= 4 is 22.8 Å². The SMILES string of the molecule is CC#CC(=O)NCc1c(C(=O)OCC)[nH]c2ccccc12. The molecule has 0 saturated carbocycles. The number of hydrogen-bond donors (Lipinski definition) is 2. The van der Waals surface area contributed by atoms with Crippen molar-refractivity contribution in [3.63, 3.8) is 0 Å². The van der Waals surface area contributed by atoms with Crippen molar-refractivity contribution in [1.29, 1.82) is 0 Å². The van der Waals surface area contributed by atoms with Crippen LogP contribution in [0.4, 0.5) is 0 Å². The van der Waals surface area contributed by atoms with Crippen LogP contribution in [0.2, 0.25) is 0 Å². The molecule has 1 amide bonds. The Morgan fingerprint density at radius 2 is 2.10 bits per heavy atom. The van der Waals surface area contributed by atoms with E-state index in [2.05, 4.69) is 22.1 Å². The van der Waals surface area contributed by atoms with Gasteiger partial charge in [0.25, 0.3) is 5.91 Å². The second-order valence-corrected chi connectivity index (χ2v) is 4.30. The molecular formula is C16H16N2O3. The van der Waals surface area contributed by atoms with Gasteiger partial charge in [-0.15, -0.1) is 0 Å². The second-order valence-electron chi connectivity index (χ2n) is 4.30. The number of carbonyl (C=O) groups is 2. The van der Waals surface area contributed by atoms with Crippen molar-refractivity contribution in [2.75, 3.05) is 6.61 Å². The Kier molecular flexibility index (Phi) is 4.62. The fraction of sp³-hybridized carbons (Fsp3) is 0.250. The van der Waals surface area contributed by atoms with Gasteiger partial charge in [-0.25, -0.2) is 4.79 Å². The number of aromatic amines is 1. The molecule has 0 aliphatic heterocycles. The highest BCUT2D eigenvalue weighted by atomic mass is 16.5. The van der Waals surface area contributed by atoms with Crippen LogP contribution in [-0.4, -0.2) is 23.5 Å². The van der Waals surface area contributed by atoms with Gasteiger partial charge in [0.2, 0.25) is 0 Å². The third kappa shape index (κ3) is 3.23. The average Bonchev–Trinajstić information content (AvgIpc) is 2.84. The third-order valence-electron chi connectivity index (χ3n) is 2.96. The van der Waals surface area contributed by atoms with E-state index >= 15 is 0 Å². The summed E-state index contributed by atoms with van der Waals surface area (Å²) >= 11 is 0. The number of carbonyl (C=O) groups excluding carboxylic acids is 2. The fourth-order valence-electron chi connectivity index (χ4n) is 2.09. The minimum absolute atomic E-state index is 0.214. The highest BCUT2D eigenvalue weighted by molar-refractivity contribution is 5.99. The second kappa shape index (κ2) is 6.62. The summed E-state index contributed by atoms with van der Waals surface area (Å²) in [6.45, 7) is 3.85. The lowest BCUT2D eigenvalue weighted by Gasteiger charge is -2.05. The van der Waals surface area contributed by atoms with Crippen LogP contribution in [0.3, 0.4) is 0 Å². The summed E-state index contributed by atoms with van der Waals surface area (Å²) in [6.07, 6.45) is 0. The van der Waals surface area contributed by atoms with Crippen molar-refractivity contribution in [1.82, 2.24) is 10.3 Å². The van der Waals surface area contributed by atoms with Gasteiger partial charge in [-0.05, 0) is 25.8 Å². The number of nitrogens with one attached hydrogen (secondary N) is 2. The summed E-state index contributed by atoms with van der Waals surface area (Å²) in [5, 5.41) is 3.56. The van der Waals surface area contributed by atoms with Gasteiger partial charge in [-0.2, -0.15) is 0 Å². The average molecular weight is 284 g/mol. The van der Waals surface area contributed by atoms with E-state index in [-0.39, 0.29) is 12.5 Å². The number of rotatable bonds is 4. The quantitative estimate of drug-likeness (QED) is 0.666. The molecule has 0 fully saturated rings. The lowest BCUT2D eigenvalue weighted by atomic mass is 10.1. The zero-order valence-electron chi connectivity index (χ0n) is 11.9. The molecule has 0 aliphatic carbocycles. The number of fused-ring (bicyclic) bond motifs is 1. The third-order valence-corrected chi connectivity index (χ3v) is 2.96. The Bertz CT molecular complexity index is 735. The van der Waals surface area contributed by atoms with E-state index in [1.807, 2.05) is 24.3 Å². The number of amides is 1. The largest absolute Gasteiger partial charge is 0.461 e. The van der Waals surface area contributed by atoms with Gasteiger partial charge in [0.15, 0.2) is 0 Å². The summed E-state index contributed by atoms with van der Waals surface area (Å²) in [7, 11) is 0. The van der Waals surface area contributed by atoms with E-state index in [4.69, 9.17) is 4.74 Å². The van der Waals surface area contributed by atoms with Gasteiger partial charge >= 0.3 is 5.97 Å². The number of para-hydroxylation sites is 1. The summed E-state index contributed by atoms with van der Waals surface area (Å²) in [5.41, 5.74) is 1.89. The van der Waals surface area contributed by atoms with Crippen LogP contribution in [0, 0.1) is 11.8 Å². The molecule has 0 saturated heterocycles. The molecule has 0 spiro atoms. The van der Waals surface area contributed by atoms with Crippen LogP contribution in [0.1, 0.15) is 29.9 Å². The van der Waals surface area contributed by atoms with Gasteiger partial charge in [-0.3, -0.25) is 4.79 Å². The number of esters is 1. The van der Waals surface area contributed by atoms with E-state index in [1.165, 1.54) is 0 Å². The predicted octanol–water partition coefficient (Wildman–Crippen LogP) is 1.98. The van der Waals surface area contributed by atoms with Crippen LogP contribution in [0.15, 0.2) is 24.3 Å². The first-order valence-electron chi connectivity index (χ1n) is 6.64. The molecule has 1 aromatic carbocycles. The van der Waals surface area contributed by atoms with Crippen LogP contribution in [0.5, 0.6) is 0 Å². The summed E-state index contributed by atoms with van der Waals surface area (Å²) < 4.78 is 5.04. The van der Waals surface area contributed by atoms with Crippen molar-refractivity contribution in [2.24, 2.45) is 0 Å². The van der Waals surface area contributed by atoms with Crippen LogP contribution < -0.4 is 5.32 Å². The molecule has 0 atom stereocenters. The molecule has 21 heavy (non-hydrogen) atoms. The Balaban J connectivity index is 2.37. The van der Waals surface area contributed by atoms with Crippen LogP contribution in [0.25, 0.3) is 10.9 Å². The molecule has 0 radical (unpaired) electrons. The fourth-order valence-corrected chi connectivity index (χ4v) is 2.09. The minimum Gasteiger partial charge on any atom is -0.461 e. The summed E-state index contributed by atoms with van der Waals surface area (Å²) in [4.78, 5) is 26.5. The first kappa shape index (κ1) is 14.7. The molecule has 0 aliphatic rings. The number of aromatic nitrogens is 1. The normalized spacial score (nSPS) is 9.81. The topological polar surface area (TPSA) is 71.2 Å². The number of ether oxygens (including phenoxy) is 1. The smallest absolute Gasteiger partial charge is 0.355 e. The Hall–Kier alpha value is -2.74. The van der Waals surface area contributed by atoms with Crippen molar-refractivity contribution in [3.05, 3.63) is 35.5 Å².